The van der Waals surface area contributed by atoms with E-state index >= 15 is 0 Å². The summed E-state index contributed by atoms with van der Waals surface area (Å²) in [6.07, 6.45) is 3.36. The Labute approximate surface area is 123 Å². The van der Waals surface area contributed by atoms with E-state index in [0.29, 0.717) is 0 Å². The average Bonchev–Trinajstić information content (AvgIpc) is 2.47. The minimum absolute atomic E-state index is 0.0380. The maximum atomic E-state index is 13.4. The average molecular weight is 293 g/mol. The maximum Gasteiger partial charge on any atom is 0.329 e. The number of nitrogens with one attached hydrogen (secondary N) is 2. The van der Waals surface area contributed by atoms with E-state index in [1.54, 1.807) is 6.07 Å². The number of hydrogen-bond donors (Lipinski definition) is 2. The molecule has 0 aromatic heterocycles. The molecule has 0 aliphatic rings. The number of amides is 2. The van der Waals surface area contributed by atoms with E-state index in [1.165, 1.54) is 18.2 Å². The van der Waals surface area contributed by atoms with Gasteiger partial charge in [0.05, 0.1) is 5.69 Å². The molecule has 0 unspecified atom stereocenters. The molecular weight excluding hydrogens is 273 g/mol. The van der Waals surface area contributed by atoms with Crippen LogP contribution < -0.4 is 10.7 Å². The predicted octanol–water partition coefficient (Wildman–Crippen LogP) is 2.84. The van der Waals surface area contributed by atoms with Gasteiger partial charge in [0.25, 0.3) is 0 Å². The van der Waals surface area contributed by atoms with Crippen molar-refractivity contribution in [2.45, 2.75) is 39.5 Å². The van der Waals surface area contributed by atoms with E-state index in [0.717, 1.165) is 31.4 Å². The topological polar surface area (TPSA) is 70.6 Å². The van der Waals surface area contributed by atoms with Crippen LogP contribution in [-0.2, 0) is 9.59 Å². The molecule has 6 heteroatoms. The molecule has 1 aromatic rings. The molecule has 0 saturated heterocycles. The number of halogens is 1. The molecule has 0 spiro atoms. The summed E-state index contributed by atoms with van der Waals surface area (Å²) in [4.78, 5) is 23.3. The van der Waals surface area contributed by atoms with Crippen molar-refractivity contribution < 1.29 is 14.0 Å². The molecule has 0 radical (unpaired) electrons. The van der Waals surface area contributed by atoms with Gasteiger partial charge in [0, 0.05) is 5.71 Å². The highest BCUT2D eigenvalue weighted by atomic mass is 19.1. The van der Waals surface area contributed by atoms with Crippen LogP contribution in [0.4, 0.5) is 10.1 Å². The highest BCUT2D eigenvalue weighted by molar-refractivity contribution is 6.39. The van der Waals surface area contributed by atoms with E-state index in [1.807, 2.05) is 13.8 Å². The number of carbonyl (C=O) groups excluding carboxylic acids is 2. The van der Waals surface area contributed by atoms with Crippen molar-refractivity contribution in [2.24, 2.45) is 5.10 Å². The summed E-state index contributed by atoms with van der Waals surface area (Å²) in [7, 11) is 0. The van der Waals surface area contributed by atoms with Gasteiger partial charge in [-0.3, -0.25) is 9.59 Å². The summed E-state index contributed by atoms with van der Waals surface area (Å²) in [5, 5.41) is 6.15. The van der Waals surface area contributed by atoms with Gasteiger partial charge in [-0.25, -0.2) is 9.82 Å². The van der Waals surface area contributed by atoms with E-state index in [2.05, 4.69) is 15.8 Å². The predicted molar refractivity (Wildman–Crippen MR) is 80.4 cm³/mol. The Bertz CT molecular complexity index is 521. The molecule has 0 heterocycles. The van der Waals surface area contributed by atoms with E-state index in [9.17, 15) is 14.0 Å². The molecule has 0 bridgehead atoms. The smallest absolute Gasteiger partial charge is 0.315 e. The van der Waals surface area contributed by atoms with E-state index < -0.39 is 17.6 Å². The van der Waals surface area contributed by atoms with Crippen LogP contribution in [0.15, 0.2) is 29.4 Å². The van der Waals surface area contributed by atoms with Crippen molar-refractivity contribution in [3.8, 4) is 0 Å². The van der Waals surface area contributed by atoms with E-state index in [-0.39, 0.29) is 5.69 Å². The fourth-order valence-corrected chi connectivity index (χ4v) is 1.74. The number of benzene rings is 1. The van der Waals surface area contributed by atoms with Gasteiger partial charge >= 0.3 is 11.8 Å². The first-order chi connectivity index (χ1) is 10.1. The number of para-hydroxylation sites is 1. The van der Waals surface area contributed by atoms with Crippen molar-refractivity contribution in [2.75, 3.05) is 5.32 Å². The Kier molecular flexibility index (Phi) is 7.08. The van der Waals surface area contributed by atoms with Crippen LogP contribution in [-0.4, -0.2) is 17.5 Å². The largest absolute Gasteiger partial charge is 0.329 e. The van der Waals surface area contributed by atoms with Gasteiger partial charge in [-0.15, -0.1) is 0 Å². The number of nitrogens with zero attached hydrogens (tertiary/aromatic N) is 1. The number of carbonyl (C=O) groups is 2. The minimum atomic E-state index is -0.948. The van der Waals surface area contributed by atoms with Crippen molar-refractivity contribution in [3.05, 3.63) is 30.1 Å². The molecular formula is C15H20FN3O2. The van der Waals surface area contributed by atoms with Crippen LogP contribution in [0, 0.1) is 5.82 Å². The summed E-state index contributed by atoms with van der Waals surface area (Å²) < 4.78 is 13.4. The Morgan fingerprint density at radius 2 is 1.71 bits per heavy atom. The highest BCUT2D eigenvalue weighted by Gasteiger charge is 2.15. The second-order valence-electron chi connectivity index (χ2n) is 4.55. The molecule has 0 fully saturated rings. The standard InChI is InChI=1S/C15H20FN3O2/c1-3-7-11(8-4-2)18-19-15(21)14(20)17-13-10-6-5-9-12(13)16/h5-6,9-10H,3-4,7-8H2,1-2H3,(H,17,20)(H,19,21). The maximum absolute atomic E-state index is 13.4. The van der Waals surface area contributed by atoms with Crippen LogP contribution in [0.5, 0.6) is 0 Å². The van der Waals surface area contributed by atoms with Crippen molar-refractivity contribution in [1.29, 1.82) is 0 Å². The van der Waals surface area contributed by atoms with Gasteiger partial charge in [0.2, 0.25) is 0 Å². The molecule has 0 saturated carbocycles. The lowest BCUT2D eigenvalue weighted by molar-refractivity contribution is -0.136. The quantitative estimate of drug-likeness (QED) is 0.481. The fourth-order valence-electron chi connectivity index (χ4n) is 1.74. The Balaban J connectivity index is 2.60. The molecule has 0 aliphatic carbocycles. The molecule has 5 nitrogen and oxygen atoms in total. The summed E-state index contributed by atoms with van der Waals surface area (Å²) in [6.45, 7) is 4.02. The lowest BCUT2D eigenvalue weighted by Crippen LogP contribution is -2.33. The van der Waals surface area contributed by atoms with Crippen LogP contribution in [0.1, 0.15) is 39.5 Å². The number of hydrazone groups is 1. The Morgan fingerprint density at radius 1 is 1.10 bits per heavy atom. The molecule has 1 rings (SSSR count). The monoisotopic (exact) mass is 293 g/mol. The lowest BCUT2D eigenvalue weighted by atomic mass is 10.1. The van der Waals surface area contributed by atoms with Gasteiger partial charge in [-0.1, -0.05) is 38.8 Å². The normalized spacial score (nSPS) is 9.86. The van der Waals surface area contributed by atoms with Crippen molar-refractivity contribution in [1.82, 2.24) is 5.43 Å². The number of rotatable bonds is 6. The van der Waals surface area contributed by atoms with Crippen molar-refractivity contribution in [3.63, 3.8) is 0 Å². The first-order valence-electron chi connectivity index (χ1n) is 6.99. The zero-order valence-electron chi connectivity index (χ0n) is 12.3. The van der Waals surface area contributed by atoms with Gasteiger partial charge in [-0.05, 0) is 25.0 Å². The van der Waals surface area contributed by atoms with Crippen LogP contribution >= 0.6 is 0 Å². The second kappa shape index (κ2) is 8.84. The fraction of sp³-hybridized carbons (Fsp3) is 0.400. The highest BCUT2D eigenvalue weighted by Crippen LogP contribution is 2.11. The van der Waals surface area contributed by atoms with Gasteiger partial charge in [-0.2, -0.15) is 5.10 Å². The summed E-state index contributed by atoms with van der Waals surface area (Å²) in [5.74, 6) is -2.46. The third-order valence-electron chi connectivity index (χ3n) is 2.72. The van der Waals surface area contributed by atoms with E-state index in [4.69, 9.17) is 0 Å². The summed E-state index contributed by atoms with van der Waals surface area (Å²) in [5.41, 5.74) is 3.01. The number of hydrogen-bond acceptors (Lipinski definition) is 3. The second-order valence-corrected chi connectivity index (χ2v) is 4.55. The van der Waals surface area contributed by atoms with Crippen LogP contribution in [0.25, 0.3) is 0 Å². The van der Waals surface area contributed by atoms with Gasteiger partial charge < -0.3 is 5.32 Å². The molecule has 0 aliphatic heterocycles. The van der Waals surface area contributed by atoms with Crippen molar-refractivity contribution >= 4 is 23.2 Å². The molecule has 2 amide bonds. The summed E-state index contributed by atoms with van der Waals surface area (Å²) in [6, 6.07) is 5.64. The summed E-state index contributed by atoms with van der Waals surface area (Å²) >= 11 is 0. The van der Waals surface area contributed by atoms with Gasteiger partial charge in [0.1, 0.15) is 5.82 Å². The van der Waals surface area contributed by atoms with Gasteiger partial charge in [0.15, 0.2) is 0 Å². The molecule has 21 heavy (non-hydrogen) atoms. The zero-order chi connectivity index (χ0) is 15.7. The SMILES string of the molecule is CCCC(CCC)=NNC(=O)C(=O)Nc1ccccc1F. The Morgan fingerprint density at radius 3 is 2.29 bits per heavy atom. The first kappa shape index (κ1) is 16.8. The van der Waals surface area contributed by atoms with Crippen LogP contribution in [0.3, 0.4) is 0 Å². The third-order valence-corrected chi connectivity index (χ3v) is 2.72. The lowest BCUT2D eigenvalue weighted by Gasteiger charge is -2.06. The van der Waals surface area contributed by atoms with Crippen LogP contribution in [0.2, 0.25) is 0 Å². The molecule has 0 atom stereocenters. The minimum Gasteiger partial charge on any atom is -0.315 e. The Hall–Kier alpha value is -2.24. The molecule has 114 valence electrons. The third kappa shape index (κ3) is 5.72. The first-order valence-corrected chi connectivity index (χ1v) is 6.99. The number of anilines is 1. The molecule has 1 aromatic carbocycles. The molecule has 2 N–H and O–H groups in total. The zero-order valence-corrected chi connectivity index (χ0v) is 12.3.